The lowest BCUT2D eigenvalue weighted by atomic mass is 9.81. The molecule has 1 heterocycles. The molecule has 0 aliphatic heterocycles. The van der Waals surface area contributed by atoms with E-state index in [1.807, 2.05) is 6.07 Å². The van der Waals surface area contributed by atoms with Gasteiger partial charge in [-0.25, -0.2) is 0 Å². The fourth-order valence-corrected chi connectivity index (χ4v) is 2.66. The summed E-state index contributed by atoms with van der Waals surface area (Å²) in [5.41, 5.74) is 5.49. The van der Waals surface area contributed by atoms with E-state index in [1.165, 1.54) is 32.1 Å². The Labute approximate surface area is 103 Å². The van der Waals surface area contributed by atoms with E-state index in [2.05, 4.69) is 22.4 Å². The Kier molecular flexibility index (Phi) is 4.18. The van der Waals surface area contributed by atoms with E-state index in [1.54, 1.807) is 6.07 Å². The van der Waals surface area contributed by atoms with Crippen LogP contribution in [0.3, 0.4) is 0 Å². The van der Waals surface area contributed by atoms with Gasteiger partial charge in [0.15, 0.2) is 0 Å². The minimum atomic E-state index is 0.469. The van der Waals surface area contributed by atoms with Crippen molar-refractivity contribution >= 4 is 11.6 Å². The average Bonchev–Trinajstić information content (AvgIpc) is 2.32. The van der Waals surface area contributed by atoms with Crippen LogP contribution in [0.25, 0.3) is 0 Å². The van der Waals surface area contributed by atoms with Crippen molar-refractivity contribution in [3.8, 4) is 0 Å². The van der Waals surface area contributed by atoms with E-state index in [4.69, 9.17) is 5.73 Å². The third kappa shape index (κ3) is 3.88. The quantitative estimate of drug-likeness (QED) is 0.840. The summed E-state index contributed by atoms with van der Waals surface area (Å²) in [6.07, 6.45) is 6.81. The number of nitrogens with two attached hydrogens (primary N) is 1. The standard InChI is InChI=1S/C13H22N4/c1-10-3-2-4-11(9-10)7-8-15-13-6-5-12(14)16-17-13/h5-6,10-11H,2-4,7-9H2,1H3,(H2,14,16)(H,15,17). The van der Waals surface area contributed by atoms with Gasteiger partial charge >= 0.3 is 0 Å². The van der Waals surface area contributed by atoms with Gasteiger partial charge in [0.05, 0.1) is 0 Å². The predicted molar refractivity (Wildman–Crippen MR) is 70.7 cm³/mol. The summed E-state index contributed by atoms with van der Waals surface area (Å²) >= 11 is 0. The van der Waals surface area contributed by atoms with Gasteiger partial charge < -0.3 is 11.1 Å². The summed E-state index contributed by atoms with van der Waals surface area (Å²) in [5.74, 6) is 3.08. The minimum Gasteiger partial charge on any atom is -0.382 e. The molecule has 3 N–H and O–H groups in total. The summed E-state index contributed by atoms with van der Waals surface area (Å²) in [7, 11) is 0. The predicted octanol–water partition coefficient (Wildman–Crippen LogP) is 2.69. The zero-order chi connectivity index (χ0) is 12.1. The summed E-state index contributed by atoms with van der Waals surface area (Å²) in [6.45, 7) is 3.35. The Morgan fingerprint density at radius 3 is 2.94 bits per heavy atom. The van der Waals surface area contributed by atoms with E-state index in [0.29, 0.717) is 5.82 Å². The fraction of sp³-hybridized carbons (Fsp3) is 0.692. The maximum absolute atomic E-state index is 5.49. The molecule has 1 aliphatic rings. The van der Waals surface area contributed by atoms with Crippen LogP contribution in [0.5, 0.6) is 0 Å². The van der Waals surface area contributed by atoms with Gasteiger partial charge in [-0.2, -0.15) is 0 Å². The SMILES string of the molecule is CC1CCCC(CCNc2ccc(N)nn2)C1. The molecular formula is C13H22N4. The molecule has 2 unspecified atom stereocenters. The molecule has 2 rings (SSSR count). The van der Waals surface area contributed by atoms with Crippen LogP contribution in [0.1, 0.15) is 39.0 Å². The largest absolute Gasteiger partial charge is 0.382 e. The normalized spacial score (nSPS) is 24.5. The van der Waals surface area contributed by atoms with E-state index in [0.717, 1.165) is 24.2 Å². The molecule has 1 saturated carbocycles. The van der Waals surface area contributed by atoms with Gasteiger partial charge in [0.1, 0.15) is 11.6 Å². The first kappa shape index (κ1) is 12.1. The monoisotopic (exact) mass is 234 g/mol. The van der Waals surface area contributed by atoms with Crippen LogP contribution in [-0.4, -0.2) is 16.7 Å². The maximum Gasteiger partial charge on any atom is 0.148 e. The second-order valence-electron chi connectivity index (χ2n) is 5.20. The molecule has 4 heteroatoms. The highest BCUT2D eigenvalue weighted by atomic mass is 15.2. The van der Waals surface area contributed by atoms with E-state index in [9.17, 15) is 0 Å². The molecule has 1 aromatic rings. The first-order valence-electron chi connectivity index (χ1n) is 6.57. The molecule has 0 aromatic carbocycles. The average molecular weight is 234 g/mol. The van der Waals surface area contributed by atoms with Crippen molar-refractivity contribution in [1.82, 2.24) is 10.2 Å². The molecule has 0 spiro atoms. The van der Waals surface area contributed by atoms with E-state index >= 15 is 0 Å². The Balaban J connectivity index is 1.70. The number of nitrogens with one attached hydrogen (secondary N) is 1. The highest BCUT2D eigenvalue weighted by Gasteiger charge is 2.18. The molecule has 0 radical (unpaired) electrons. The molecule has 17 heavy (non-hydrogen) atoms. The van der Waals surface area contributed by atoms with Crippen molar-refractivity contribution in [3.05, 3.63) is 12.1 Å². The van der Waals surface area contributed by atoms with Crippen LogP contribution in [0.4, 0.5) is 11.6 Å². The molecule has 1 aromatic heterocycles. The van der Waals surface area contributed by atoms with Gasteiger partial charge in [0.2, 0.25) is 0 Å². The number of rotatable bonds is 4. The van der Waals surface area contributed by atoms with Crippen molar-refractivity contribution in [2.45, 2.75) is 39.0 Å². The van der Waals surface area contributed by atoms with Gasteiger partial charge in [0, 0.05) is 6.54 Å². The number of anilines is 2. The molecule has 0 amide bonds. The van der Waals surface area contributed by atoms with Crippen molar-refractivity contribution in [1.29, 1.82) is 0 Å². The Bertz CT molecular complexity index is 336. The number of nitrogen functional groups attached to an aromatic ring is 1. The summed E-state index contributed by atoms with van der Waals surface area (Å²) in [4.78, 5) is 0. The number of hydrogen-bond donors (Lipinski definition) is 2. The van der Waals surface area contributed by atoms with Crippen molar-refractivity contribution in [2.24, 2.45) is 11.8 Å². The van der Waals surface area contributed by atoms with Crippen LogP contribution in [0.15, 0.2) is 12.1 Å². The maximum atomic E-state index is 5.49. The number of hydrogen-bond acceptors (Lipinski definition) is 4. The Hall–Kier alpha value is -1.32. The van der Waals surface area contributed by atoms with Crippen LogP contribution in [-0.2, 0) is 0 Å². The lowest BCUT2D eigenvalue weighted by Gasteiger charge is -2.26. The van der Waals surface area contributed by atoms with Crippen molar-refractivity contribution in [3.63, 3.8) is 0 Å². The minimum absolute atomic E-state index is 0.469. The molecule has 2 atom stereocenters. The van der Waals surface area contributed by atoms with Crippen molar-refractivity contribution < 1.29 is 0 Å². The second-order valence-corrected chi connectivity index (χ2v) is 5.20. The van der Waals surface area contributed by atoms with Crippen LogP contribution < -0.4 is 11.1 Å². The topological polar surface area (TPSA) is 63.8 Å². The number of nitrogens with zero attached hydrogens (tertiary/aromatic N) is 2. The lowest BCUT2D eigenvalue weighted by Crippen LogP contribution is -2.17. The molecule has 0 saturated heterocycles. The van der Waals surface area contributed by atoms with Crippen LogP contribution in [0.2, 0.25) is 0 Å². The Morgan fingerprint density at radius 1 is 1.35 bits per heavy atom. The first-order valence-corrected chi connectivity index (χ1v) is 6.57. The van der Waals surface area contributed by atoms with E-state index in [-0.39, 0.29) is 0 Å². The summed E-state index contributed by atoms with van der Waals surface area (Å²) in [5, 5.41) is 11.1. The molecule has 4 nitrogen and oxygen atoms in total. The lowest BCUT2D eigenvalue weighted by molar-refractivity contribution is 0.274. The van der Waals surface area contributed by atoms with Crippen LogP contribution in [0, 0.1) is 11.8 Å². The zero-order valence-corrected chi connectivity index (χ0v) is 10.5. The van der Waals surface area contributed by atoms with Crippen LogP contribution >= 0.6 is 0 Å². The summed E-state index contributed by atoms with van der Waals surface area (Å²) in [6, 6.07) is 3.66. The van der Waals surface area contributed by atoms with Gasteiger partial charge in [0.25, 0.3) is 0 Å². The van der Waals surface area contributed by atoms with Gasteiger partial charge in [-0.15, -0.1) is 10.2 Å². The fourth-order valence-electron chi connectivity index (χ4n) is 2.66. The smallest absolute Gasteiger partial charge is 0.148 e. The zero-order valence-electron chi connectivity index (χ0n) is 10.5. The van der Waals surface area contributed by atoms with E-state index < -0.39 is 0 Å². The molecule has 0 bridgehead atoms. The van der Waals surface area contributed by atoms with Crippen molar-refractivity contribution in [2.75, 3.05) is 17.6 Å². The molecular weight excluding hydrogens is 212 g/mol. The Morgan fingerprint density at radius 2 is 2.24 bits per heavy atom. The molecule has 94 valence electrons. The van der Waals surface area contributed by atoms with Gasteiger partial charge in [-0.3, -0.25) is 0 Å². The molecule has 1 aliphatic carbocycles. The van der Waals surface area contributed by atoms with Gasteiger partial charge in [-0.05, 0) is 36.8 Å². The third-order valence-electron chi connectivity index (χ3n) is 3.59. The first-order chi connectivity index (χ1) is 8.24. The number of aromatic nitrogens is 2. The third-order valence-corrected chi connectivity index (χ3v) is 3.59. The molecule has 1 fully saturated rings. The second kappa shape index (κ2) is 5.84. The van der Waals surface area contributed by atoms with Gasteiger partial charge in [-0.1, -0.05) is 26.2 Å². The summed E-state index contributed by atoms with van der Waals surface area (Å²) < 4.78 is 0. The highest BCUT2D eigenvalue weighted by Crippen LogP contribution is 2.30. The highest BCUT2D eigenvalue weighted by molar-refractivity contribution is 5.38.